The Hall–Kier alpha value is -0.830. The summed E-state index contributed by atoms with van der Waals surface area (Å²) in [6.07, 6.45) is 6.36. The van der Waals surface area contributed by atoms with Crippen LogP contribution in [0.4, 0.5) is 0 Å². The topological polar surface area (TPSA) is 43.8 Å². The van der Waals surface area contributed by atoms with Gasteiger partial charge in [-0.2, -0.15) is 0 Å². The Morgan fingerprint density at radius 1 is 1.77 bits per heavy atom. The highest BCUT2D eigenvalue weighted by Gasteiger charge is 2.37. The van der Waals surface area contributed by atoms with Crippen molar-refractivity contribution < 1.29 is 0 Å². The molecule has 0 saturated heterocycles. The van der Waals surface area contributed by atoms with Crippen molar-refractivity contribution in [3.05, 3.63) is 18.2 Å². The van der Waals surface area contributed by atoms with Crippen molar-refractivity contribution in [3.8, 4) is 0 Å². The van der Waals surface area contributed by atoms with Gasteiger partial charge in [-0.1, -0.05) is 13.3 Å². The van der Waals surface area contributed by atoms with E-state index in [4.69, 9.17) is 5.73 Å². The van der Waals surface area contributed by atoms with Crippen LogP contribution < -0.4 is 5.73 Å². The van der Waals surface area contributed by atoms with Gasteiger partial charge < -0.3 is 10.3 Å². The number of hydrogen-bond acceptors (Lipinski definition) is 2. The number of nitrogens with zero attached hydrogens (tertiary/aromatic N) is 2. The molecule has 0 amide bonds. The highest BCUT2D eigenvalue weighted by atomic mass is 15.1. The molecule has 1 aromatic rings. The lowest BCUT2D eigenvalue weighted by molar-refractivity contribution is 0.593. The van der Waals surface area contributed by atoms with Gasteiger partial charge >= 0.3 is 0 Å². The van der Waals surface area contributed by atoms with E-state index in [1.165, 1.54) is 18.5 Å². The second-order valence-electron chi connectivity index (χ2n) is 3.99. The first-order chi connectivity index (χ1) is 6.24. The van der Waals surface area contributed by atoms with E-state index in [-0.39, 0.29) is 6.04 Å². The summed E-state index contributed by atoms with van der Waals surface area (Å²) in [5, 5.41) is 0. The Labute approximate surface area is 79.0 Å². The van der Waals surface area contributed by atoms with Gasteiger partial charge in [-0.15, -0.1) is 0 Å². The van der Waals surface area contributed by atoms with Crippen LogP contribution in [0.3, 0.4) is 0 Å². The minimum absolute atomic E-state index is 0.0978. The summed E-state index contributed by atoms with van der Waals surface area (Å²) in [5.74, 6) is 0.853. The molecule has 13 heavy (non-hydrogen) atoms. The monoisotopic (exact) mass is 179 g/mol. The first-order valence-electron chi connectivity index (χ1n) is 5.01. The first-order valence-corrected chi connectivity index (χ1v) is 5.01. The fraction of sp³-hybridized carbons (Fsp3) is 0.700. The molecule has 1 heterocycles. The zero-order valence-corrected chi connectivity index (χ0v) is 8.27. The van der Waals surface area contributed by atoms with E-state index in [0.717, 1.165) is 5.92 Å². The van der Waals surface area contributed by atoms with Crippen LogP contribution in [-0.4, -0.2) is 9.55 Å². The minimum atomic E-state index is 0.0978. The van der Waals surface area contributed by atoms with Crippen molar-refractivity contribution in [1.29, 1.82) is 0 Å². The van der Waals surface area contributed by atoms with E-state index in [1.54, 1.807) is 0 Å². The van der Waals surface area contributed by atoms with E-state index >= 15 is 0 Å². The molecule has 72 valence electrons. The quantitative estimate of drug-likeness (QED) is 0.769. The highest BCUT2D eigenvalue weighted by molar-refractivity contribution is 5.08. The van der Waals surface area contributed by atoms with Gasteiger partial charge in [0.05, 0.1) is 12.0 Å². The molecule has 2 rings (SSSR count). The Kier molecular flexibility index (Phi) is 2.12. The molecule has 3 nitrogen and oxygen atoms in total. The van der Waals surface area contributed by atoms with Gasteiger partial charge in [-0.25, -0.2) is 4.98 Å². The van der Waals surface area contributed by atoms with Crippen molar-refractivity contribution in [2.24, 2.45) is 11.7 Å². The standard InChI is InChI=1S/C10H17N3/c1-3-8-4-9(8)13-6-12-5-10(13)7(2)11/h5-9H,3-4,11H2,1-2H3. The largest absolute Gasteiger partial charge is 0.330 e. The molecule has 3 unspecified atom stereocenters. The summed E-state index contributed by atoms with van der Waals surface area (Å²) < 4.78 is 2.25. The van der Waals surface area contributed by atoms with Gasteiger partial charge in [-0.05, 0) is 19.3 Å². The van der Waals surface area contributed by atoms with Crippen LogP contribution in [0.5, 0.6) is 0 Å². The molecule has 1 aliphatic carbocycles. The maximum Gasteiger partial charge on any atom is 0.0951 e. The second kappa shape index (κ2) is 3.14. The molecular formula is C10H17N3. The maximum absolute atomic E-state index is 5.85. The second-order valence-corrected chi connectivity index (χ2v) is 3.99. The molecule has 1 aliphatic rings. The average molecular weight is 179 g/mol. The van der Waals surface area contributed by atoms with E-state index in [9.17, 15) is 0 Å². The van der Waals surface area contributed by atoms with E-state index in [1.807, 2.05) is 19.4 Å². The van der Waals surface area contributed by atoms with Gasteiger partial charge in [0.2, 0.25) is 0 Å². The van der Waals surface area contributed by atoms with Crippen LogP contribution in [0.15, 0.2) is 12.5 Å². The summed E-state index contributed by atoms with van der Waals surface area (Å²) in [7, 11) is 0. The smallest absolute Gasteiger partial charge is 0.0951 e. The number of imidazole rings is 1. The average Bonchev–Trinajstić information content (AvgIpc) is 2.72. The van der Waals surface area contributed by atoms with Crippen LogP contribution in [0, 0.1) is 5.92 Å². The first kappa shape index (κ1) is 8.75. The molecule has 3 heteroatoms. The molecule has 1 aromatic heterocycles. The van der Waals surface area contributed by atoms with E-state index in [0.29, 0.717) is 6.04 Å². The molecule has 1 saturated carbocycles. The Morgan fingerprint density at radius 3 is 3.08 bits per heavy atom. The van der Waals surface area contributed by atoms with Gasteiger partial charge in [0.15, 0.2) is 0 Å². The van der Waals surface area contributed by atoms with Crippen LogP contribution >= 0.6 is 0 Å². The summed E-state index contributed by atoms with van der Waals surface area (Å²) >= 11 is 0. The number of rotatable bonds is 3. The molecule has 0 aromatic carbocycles. The zero-order valence-electron chi connectivity index (χ0n) is 8.27. The van der Waals surface area contributed by atoms with Gasteiger partial charge in [0.25, 0.3) is 0 Å². The van der Waals surface area contributed by atoms with E-state index in [2.05, 4.69) is 16.5 Å². The van der Waals surface area contributed by atoms with Crippen LogP contribution in [0.2, 0.25) is 0 Å². The summed E-state index contributed by atoms with van der Waals surface area (Å²) in [6, 6.07) is 0.772. The Bertz CT molecular complexity index is 290. The van der Waals surface area contributed by atoms with Gasteiger partial charge in [0.1, 0.15) is 0 Å². The van der Waals surface area contributed by atoms with Crippen molar-refractivity contribution in [3.63, 3.8) is 0 Å². The Balaban J connectivity index is 2.17. The minimum Gasteiger partial charge on any atom is -0.330 e. The van der Waals surface area contributed by atoms with Gasteiger partial charge in [0, 0.05) is 18.3 Å². The van der Waals surface area contributed by atoms with Crippen LogP contribution in [0.25, 0.3) is 0 Å². The number of hydrogen-bond donors (Lipinski definition) is 1. The lowest BCUT2D eigenvalue weighted by atomic mass is 10.2. The summed E-state index contributed by atoms with van der Waals surface area (Å²) in [4.78, 5) is 4.16. The van der Waals surface area contributed by atoms with Crippen LogP contribution in [0.1, 0.15) is 44.5 Å². The van der Waals surface area contributed by atoms with Gasteiger partial charge in [-0.3, -0.25) is 0 Å². The maximum atomic E-state index is 5.85. The molecule has 0 radical (unpaired) electrons. The van der Waals surface area contributed by atoms with Crippen molar-refractivity contribution in [2.45, 2.75) is 38.8 Å². The molecule has 0 bridgehead atoms. The van der Waals surface area contributed by atoms with Crippen molar-refractivity contribution in [1.82, 2.24) is 9.55 Å². The molecule has 3 atom stereocenters. The molecule has 0 aliphatic heterocycles. The molecule has 1 fully saturated rings. The lowest BCUT2D eigenvalue weighted by Crippen LogP contribution is -2.11. The summed E-state index contributed by atoms with van der Waals surface area (Å²) in [5.41, 5.74) is 7.02. The molecular weight excluding hydrogens is 162 g/mol. The third-order valence-corrected chi connectivity index (χ3v) is 2.93. The molecule has 0 spiro atoms. The third kappa shape index (κ3) is 1.48. The number of aromatic nitrogens is 2. The number of nitrogens with two attached hydrogens (primary N) is 1. The predicted octanol–water partition coefficient (Wildman–Crippen LogP) is 1.87. The Morgan fingerprint density at radius 2 is 2.54 bits per heavy atom. The van der Waals surface area contributed by atoms with Crippen molar-refractivity contribution >= 4 is 0 Å². The zero-order chi connectivity index (χ0) is 9.42. The van der Waals surface area contributed by atoms with E-state index < -0.39 is 0 Å². The lowest BCUT2D eigenvalue weighted by Gasteiger charge is -2.09. The van der Waals surface area contributed by atoms with Crippen molar-refractivity contribution in [2.75, 3.05) is 0 Å². The third-order valence-electron chi connectivity index (χ3n) is 2.93. The fourth-order valence-corrected chi connectivity index (χ4v) is 1.96. The van der Waals surface area contributed by atoms with Crippen LogP contribution in [-0.2, 0) is 0 Å². The molecule has 2 N–H and O–H groups in total. The predicted molar refractivity (Wildman–Crippen MR) is 52.3 cm³/mol. The summed E-state index contributed by atoms with van der Waals surface area (Å²) in [6.45, 7) is 4.25. The highest BCUT2D eigenvalue weighted by Crippen LogP contribution is 2.46. The normalized spacial score (nSPS) is 28.8. The SMILES string of the molecule is CCC1CC1n1cncc1C(C)N. The fourth-order valence-electron chi connectivity index (χ4n) is 1.96.